The van der Waals surface area contributed by atoms with Crippen molar-refractivity contribution in [2.75, 3.05) is 14.2 Å². The van der Waals surface area contributed by atoms with Gasteiger partial charge in [0.15, 0.2) is 17.5 Å². The number of benzene rings is 2. The largest absolute Gasteiger partial charge is 0.493 e. The molecule has 0 saturated carbocycles. The van der Waals surface area contributed by atoms with E-state index in [2.05, 4.69) is 25.7 Å². The maximum Gasteiger partial charge on any atom is 0.191 e. The molecule has 146 valence electrons. The molecule has 0 aliphatic rings. The van der Waals surface area contributed by atoms with Gasteiger partial charge in [0.05, 0.1) is 13.7 Å². The molecule has 0 unspecified atom stereocenters. The van der Waals surface area contributed by atoms with Gasteiger partial charge in [0.1, 0.15) is 17.9 Å². The fraction of sp³-hybridized carbons (Fsp3) is 0.250. The van der Waals surface area contributed by atoms with Crippen molar-refractivity contribution < 1.29 is 9.47 Å². The first-order valence-corrected chi connectivity index (χ1v) is 8.87. The molecular weight excluding hydrogens is 356 g/mol. The summed E-state index contributed by atoms with van der Waals surface area (Å²) in [5.74, 6) is 3.66. The number of aryl methyl sites for hydroxylation is 1. The van der Waals surface area contributed by atoms with Gasteiger partial charge in [0.25, 0.3) is 0 Å². The average molecular weight is 380 g/mol. The van der Waals surface area contributed by atoms with Crippen molar-refractivity contribution in [3.63, 3.8) is 0 Å². The summed E-state index contributed by atoms with van der Waals surface area (Å²) in [6.07, 6.45) is 1.53. The number of guanidine groups is 1. The van der Waals surface area contributed by atoms with Gasteiger partial charge in [-0.25, -0.2) is 4.98 Å². The van der Waals surface area contributed by atoms with Crippen LogP contribution in [-0.4, -0.2) is 34.9 Å². The van der Waals surface area contributed by atoms with Crippen molar-refractivity contribution in [2.24, 2.45) is 12.0 Å². The predicted octanol–water partition coefficient (Wildman–Crippen LogP) is 2.48. The van der Waals surface area contributed by atoms with Gasteiger partial charge in [-0.15, -0.1) is 0 Å². The van der Waals surface area contributed by atoms with Crippen LogP contribution in [0.3, 0.4) is 0 Å². The SMILES string of the molecule is CN=C(NCc1ccc(Oc2ccccc2OC)cc1)NCc1ncnn1C. The molecule has 8 heteroatoms. The van der Waals surface area contributed by atoms with Crippen LogP contribution >= 0.6 is 0 Å². The maximum absolute atomic E-state index is 5.90. The Labute approximate surface area is 164 Å². The number of nitrogens with zero attached hydrogens (tertiary/aromatic N) is 4. The van der Waals surface area contributed by atoms with Gasteiger partial charge in [0, 0.05) is 20.6 Å². The topological polar surface area (TPSA) is 85.6 Å². The molecule has 0 aliphatic heterocycles. The number of methoxy groups -OCH3 is 1. The fourth-order valence-corrected chi connectivity index (χ4v) is 2.55. The van der Waals surface area contributed by atoms with Gasteiger partial charge < -0.3 is 20.1 Å². The molecule has 0 saturated heterocycles. The van der Waals surface area contributed by atoms with E-state index in [0.29, 0.717) is 30.5 Å². The normalized spacial score (nSPS) is 11.2. The van der Waals surface area contributed by atoms with Crippen molar-refractivity contribution >= 4 is 5.96 Å². The number of rotatable bonds is 7. The second-order valence-electron chi connectivity index (χ2n) is 5.98. The summed E-state index contributed by atoms with van der Waals surface area (Å²) >= 11 is 0. The smallest absolute Gasteiger partial charge is 0.191 e. The summed E-state index contributed by atoms with van der Waals surface area (Å²) in [7, 11) is 5.22. The highest BCUT2D eigenvalue weighted by atomic mass is 16.5. The lowest BCUT2D eigenvalue weighted by molar-refractivity contribution is 0.379. The standard InChI is InChI=1S/C20H24N6O2/c1-21-20(23-13-19-24-14-25-26(19)2)22-12-15-8-10-16(11-9-15)28-18-7-5-4-6-17(18)27-3/h4-11,14H,12-13H2,1-3H3,(H2,21,22,23). The molecule has 0 amide bonds. The third-order valence-electron chi connectivity index (χ3n) is 4.12. The van der Waals surface area contributed by atoms with Crippen molar-refractivity contribution in [3.8, 4) is 17.2 Å². The number of aliphatic imine (C=N–C) groups is 1. The molecule has 0 bridgehead atoms. The van der Waals surface area contributed by atoms with Gasteiger partial charge in [-0.3, -0.25) is 9.67 Å². The quantitative estimate of drug-likeness (QED) is 0.484. The Bertz CT molecular complexity index is 920. The molecule has 3 aromatic rings. The molecule has 0 spiro atoms. The minimum Gasteiger partial charge on any atom is -0.493 e. The molecule has 0 atom stereocenters. The van der Waals surface area contributed by atoms with E-state index in [0.717, 1.165) is 17.1 Å². The van der Waals surface area contributed by atoms with Crippen molar-refractivity contribution in [2.45, 2.75) is 13.1 Å². The number of nitrogens with one attached hydrogen (secondary N) is 2. The van der Waals surface area contributed by atoms with Crippen LogP contribution in [-0.2, 0) is 20.1 Å². The van der Waals surface area contributed by atoms with Gasteiger partial charge in [-0.2, -0.15) is 5.10 Å². The number of hydrogen-bond acceptors (Lipinski definition) is 5. The van der Waals surface area contributed by atoms with E-state index in [4.69, 9.17) is 9.47 Å². The van der Waals surface area contributed by atoms with Crippen molar-refractivity contribution in [1.29, 1.82) is 0 Å². The third-order valence-corrected chi connectivity index (χ3v) is 4.12. The Morgan fingerprint density at radius 2 is 1.75 bits per heavy atom. The molecule has 3 rings (SSSR count). The summed E-state index contributed by atoms with van der Waals surface area (Å²) in [6, 6.07) is 15.4. The summed E-state index contributed by atoms with van der Waals surface area (Å²) in [5, 5.41) is 10.5. The Balaban J connectivity index is 1.53. The average Bonchev–Trinajstić information content (AvgIpc) is 3.14. The van der Waals surface area contributed by atoms with Crippen molar-refractivity contribution in [3.05, 3.63) is 66.2 Å². The van der Waals surface area contributed by atoms with Gasteiger partial charge in [-0.1, -0.05) is 24.3 Å². The predicted molar refractivity (Wildman–Crippen MR) is 108 cm³/mol. The zero-order valence-electron chi connectivity index (χ0n) is 16.2. The first kappa shape index (κ1) is 19.2. The van der Waals surface area contributed by atoms with Crippen LogP contribution in [0.15, 0.2) is 59.9 Å². The lowest BCUT2D eigenvalue weighted by Gasteiger charge is -2.12. The summed E-state index contributed by atoms with van der Waals surface area (Å²) < 4.78 is 12.9. The van der Waals surface area contributed by atoms with Gasteiger partial charge in [0.2, 0.25) is 0 Å². The Morgan fingerprint density at radius 1 is 1.04 bits per heavy atom. The van der Waals surface area contributed by atoms with Crippen LogP contribution in [0.5, 0.6) is 17.2 Å². The molecule has 0 radical (unpaired) electrons. The Morgan fingerprint density at radius 3 is 2.39 bits per heavy atom. The third kappa shape index (κ3) is 5.00. The first-order chi connectivity index (χ1) is 13.7. The number of aromatic nitrogens is 3. The molecule has 1 aromatic heterocycles. The van der Waals surface area contributed by atoms with Crippen LogP contribution in [0.2, 0.25) is 0 Å². The van der Waals surface area contributed by atoms with Gasteiger partial charge >= 0.3 is 0 Å². The van der Waals surface area contributed by atoms with Crippen molar-refractivity contribution in [1.82, 2.24) is 25.4 Å². The zero-order valence-corrected chi connectivity index (χ0v) is 16.2. The molecule has 0 aliphatic carbocycles. The van der Waals surface area contributed by atoms with E-state index >= 15 is 0 Å². The highest BCUT2D eigenvalue weighted by Gasteiger charge is 2.05. The molecule has 0 fully saturated rings. The molecule has 28 heavy (non-hydrogen) atoms. The Kier molecular flexibility index (Phi) is 6.46. The van der Waals surface area contributed by atoms with E-state index < -0.39 is 0 Å². The van der Waals surface area contributed by atoms with E-state index in [1.165, 1.54) is 6.33 Å². The first-order valence-electron chi connectivity index (χ1n) is 8.87. The maximum atomic E-state index is 5.90. The zero-order chi connectivity index (χ0) is 19.8. The number of para-hydroxylation sites is 2. The number of ether oxygens (including phenoxy) is 2. The fourth-order valence-electron chi connectivity index (χ4n) is 2.55. The van der Waals surface area contributed by atoms with E-state index in [9.17, 15) is 0 Å². The van der Waals surface area contributed by atoms with Crippen LogP contribution < -0.4 is 20.1 Å². The van der Waals surface area contributed by atoms with Crippen LogP contribution in [0.4, 0.5) is 0 Å². The molecule has 2 N–H and O–H groups in total. The molecule has 2 aromatic carbocycles. The second-order valence-corrected chi connectivity index (χ2v) is 5.98. The highest BCUT2D eigenvalue weighted by Crippen LogP contribution is 2.30. The summed E-state index contributed by atoms with van der Waals surface area (Å²) in [4.78, 5) is 8.40. The van der Waals surface area contributed by atoms with Gasteiger partial charge in [-0.05, 0) is 29.8 Å². The highest BCUT2D eigenvalue weighted by molar-refractivity contribution is 5.79. The van der Waals surface area contributed by atoms with E-state index in [-0.39, 0.29) is 0 Å². The Hall–Kier alpha value is -3.55. The monoisotopic (exact) mass is 380 g/mol. The van der Waals surface area contributed by atoms with Crippen LogP contribution in [0.1, 0.15) is 11.4 Å². The molecular formula is C20H24N6O2. The molecule has 1 heterocycles. The molecule has 8 nitrogen and oxygen atoms in total. The van der Waals surface area contributed by atoms with Crippen LogP contribution in [0, 0.1) is 0 Å². The minimum atomic E-state index is 0.544. The minimum absolute atomic E-state index is 0.544. The van der Waals surface area contributed by atoms with E-state index in [1.54, 1.807) is 18.8 Å². The van der Waals surface area contributed by atoms with E-state index in [1.807, 2.05) is 55.6 Å². The number of hydrogen-bond donors (Lipinski definition) is 2. The second kappa shape index (κ2) is 9.40. The summed E-state index contributed by atoms with van der Waals surface area (Å²) in [5.41, 5.74) is 1.11. The lowest BCUT2D eigenvalue weighted by atomic mass is 10.2. The summed E-state index contributed by atoms with van der Waals surface area (Å²) in [6.45, 7) is 1.18. The lowest BCUT2D eigenvalue weighted by Crippen LogP contribution is -2.36. The van der Waals surface area contributed by atoms with Crippen LogP contribution in [0.25, 0.3) is 0 Å².